The standard InChI is InChI=1S/C11H10IN3O2/c1-2-17-11(16)10(7-13)15-14-9-6-4-3-5-8(9)12/h3-6,14H,2H2,1H3/b15-10-. The first-order chi connectivity index (χ1) is 8.19. The maximum absolute atomic E-state index is 11.3. The van der Waals surface area contributed by atoms with Crippen molar-refractivity contribution in [2.24, 2.45) is 5.10 Å². The van der Waals surface area contributed by atoms with Gasteiger partial charge in [0.25, 0.3) is 0 Å². The van der Waals surface area contributed by atoms with E-state index in [1.807, 2.05) is 18.2 Å². The highest BCUT2D eigenvalue weighted by molar-refractivity contribution is 14.1. The minimum Gasteiger partial charge on any atom is -0.461 e. The highest BCUT2D eigenvalue weighted by Crippen LogP contribution is 2.16. The van der Waals surface area contributed by atoms with Gasteiger partial charge in [-0.25, -0.2) is 4.79 Å². The smallest absolute Gasteiger partial charge is 0.369 e. The molecule has 0 spiro atoms. The SMILES string of the molecule is CCOC(=O)/C(C#N)=N\Nc1ccccc1I. The molecule has 1 N–H and O–H groups in total. The third-order valence-corrected chi connectivity index (χ3v) is 2.68. The first kappa shape index (κ1) is 13.4. The molecule has 0 atom stereocenters. The Kier molecular flexibility index (Phi) is 5.42. The number of hydrogen-bond donors (Lipinski definition) is 1. The molecule has 0 aromatic heterocycles. The quantitative estimate of drug-likeness (QED) is 0.393. The Hall–Kier alpha value is -1.62. The fourth-order valence-corrected chi connectivity index (χ4v) is 1.49. The number of carbonyl (C=O) groups excluding carboxylic acids is 1. The van der Waals surface area contributed by atoms with Crippen LogP contribution in [0.4, 0.5) is 5.69 Å². The minimum atomic E-state index is -0.728. The first-order valence-electron chi connectivity index (χ1n) is 4.84. The van der Waals surface area contributed by atoms with Gasteiger partial charge >= 0.3 is 5.97 Å². The van der Waals surface area contributed by atoms with E-state index in [9.17, 15) is 4.79 Å². The molecular weight excluding hydrogens is 333 g/mol. The zero-order valence-electron chi connectivity index (χ0n) is 9.11. The van der Waals surface area contributed by atoms with Gasteiger partial charge in [-0.05, 0) is 41.6 Å². The lowest BCUT2D eigenvalue weighted by atomic mass is 10.3. The lowest BCUT2D eigenvalue weighted by molar-refractivity contribution is -0.134. The van der Waals surface area contributed by atoms with E-state index in [-0.39, 0.29) is 12.3 Å². The van der Waals surface area contributed by atoms with Crippen LogP contribution in [0.15, 0.2) is 29.4 Å². The van der Waals surface area contributed by atoms with E-state index in [0.29, 0.717) is 0 Å². The third kappa shape index (κ3) is 4.03. The van der Waals surface area contributed by atoms with Crippen molar-refractivity contribution in [2.75, 3.05) is 12.0 Å². The van der Waals surface area contributed by atoms with Crippen LogP contribution < -0.4 is 5.43 Å². The molecule has 0 unspecified atom stereocenters. The van der Waals surface area contributed by atoms with E-state index < -0.39 is 5.97 Å². The average molecular weight is 343 g/mol. The summed E-state index contributed by atoms with van der Waals surface area (Å²) in [6, 6.07) is 9.08. The van der Waals surface area contributed by atoms with E-state index >= 15 is 0 Å². The maximum Gasteiger partial charge on any atom is 0.369 e. The molecule has 1 aromatic rings. The molecule has 0 radical (unpaired) electrons. The van der Waals surface area contributed by atoms with E-state index in [0.717, 1.165) is 9.26 Å². The van der Waals surface area contributed by atoms with Crippen molar-refractivity contribution in [3.8, 4) is 6.07 Å². The van der Waals surface area contributed by atoms with Crippen molar-refractivity contribution in [3.05, 3.63) is 27.8 Å². The number of esters is 1. The van der Waals surface area contributed by atoms with Crippen LogP contribution in [-0.2, 0) is 9.53 Å². The van der Waals surface area contributed by atoms with Crippen molar-refractivity contribution in [1.29, 1.82) is 5.26 Å². The Bertz CT molecular complexity index is 480. The Morgan fingerprint density at radius 1 is 1.59 bits per heavy atom. The number of nitrogens with zero attached hydrogens (tertiary/aromatic N) is 2. The van der Waals surface area contributed by atoms with Crippen LogP contribution in [0, 0.1) is 14.9 Å². The number of nitriles is 1. The molecule has 6 heteroatoms. The molecule has 0 saturated heterocycles. The number of halogens is 1. The number of rotatable bonds is 4. The maximum atomic E-state index is 11.3. The van der Waals surface area contributed by atoms with Crippen molar-refractivity contribution >= 4 is 40.0 Å². The molecular formula is C11H10IN3O2. The summed E-state index contributed by atoms with van der Waals surface area (Å²) < 4.78 is 5.62. The van der Waals surface area contributed by atoms with Gasteiger partial charge in [0.15, 0.2) is 0 Å². The predicted molar refractivity (Wildman–Crippen MR) is 72.5 cm³/mol. The van der Waals surface area contributed by atoms with Crippen molar-refractivity contribution < 1.29 is 9.53 Å². The average Bonchev–Trinajstić information content (AvgIpc) is 2.32. The molecule has 88 valence electrons. The molecule has 0 aliphatic heterocycles. The highest BCUT2D eigenvalue weighted by atomic mass is 127. The van der Waals surface area contributed by atoms with Crippen LogP contribution >= 0.6 is 22.6 Å². The van der Waals surface area contributed by atoms with Crippen LogP contribution in [0.2, 0.25) is 0 Å². The molecule has 0 aliphatic rings. The van der Waals surface area contributed by atoms with E-state index in [4.69, 9.17) is 5.26 Å². The summed E-state index contributed by atoms with van der Waals surface area (Å²) in [5.74, 6) is -0.728. The summed E-state index contributed by atoms with van der Waals surface area (Å²) in [4.78, 5) is 11.3. The number of para-hydroxylation sites is 1. The largest absolute Gasteiger partial charge is 0.461 e. The second kappa shape index (κ2) is 6.85. The monoisotopic (exact) mass is 343 g/mol. The molecule has 0 amide bonds. The number of anilines is 1. The predicted octanol–water partition coefficient (Wildman–Crippen LogP) is 2.15. The lowest BCUT2D eigenvalue weighted by Crippen LogP contribution is -2.17. The van der Waals surface area contributed by atoms with Gasteiger partial charge in [0.2, 0.25) is 5.71 Å². The van der Waals surface area contributed by atoms with Gasteiger partial charge in [-0.2, -0.15) is 10.4 Å². The van der Waals surface area contributed by atoms with Crippen molar-refractivity contribution in [2.45, 2.75) is 6.92 Å². The molecule has 5 nitrogen and oxygen atoms in total. The second-order valence-corrected chi connectivity index (χ2v) is 4.05. The molecule has 0 aliphatic carbocycles. The fraction of sp³-hybridized carbons (Fsp3) is 0.182. The van der Waals surface area contributed by atoms with Gasteiger partial charge < -0.3 is 4.74 Å². The number of hydrazone groups is 1. The van der Waals surface area contributed by atoms with Crippen molar-refractivity contribution in [3.63, 3.8) is 0 Å². The number of benzene rings is 1. The van der Waals surface area contributed by atoms with Crippen LogP contribution in [0.3, 0.4) is 0 Å². The van der Waals surface area contributed by atoms with Gasteiger partial charge in [0.1, 0.15) is 6.07 Å². The summed E-state index contributed by atoms with van der Waals surface area (Å²) in [5, 5.41) is 12.5. The van der Waals surface area contributed by atoms with Gasteiger partial charge in [-0.3, -0.25) is 5.43 Å². The highest BCUT2D eigenvalue weighted by Gasteiger charge is 2.11. The van der Waals surface area contributed by atoms with Crippen LogP contribution in [0.5, 0.6) is 0 Å². The van der Waals surface area contributed by atoms with E-state index in [1.54, 1.807) is 19.1 Å². The molecule has 1 rings (SSSR count). The topological polar surface area (TPSA) is 74.5 Å². The minimum absolute atomic E-state index is 0.211. The van der Waals surface area contributed by atoms with E-state index in [1.165, 1.54) is 0 Å². The summed E-state index contributed by atoms with van der Waals surface area (Å²) in [6.45, 7) is 1.88. The van der Waals surface area contributed by atoms with Gasteiger partial charge in [-0.15, -0.1) is 0 Å². The Morgan fingerprint density at radius 2 is 2.29 bits per heavy atom. The van der Waals surface area contributed by atoms with Gasteiger partial charge in [0, 0.05) is 3.57 Å². The number of nitrogens with one attached hydrogen (secondary N) is 1. The normalized spacial score (nSPS) is 10.5. The summed E-state index contributed by atoms with van der Waals surface area (Å²) in [7, 11) is 0. The van der Waals surface area contributed by atoms with Crippen LogP contribution in [0.1, 0.15) is 6.92 Å². The summed E-state index contributed by atoms with van der Waals surface area (Å²) >= 11 is 2.12. The molecule has 0 bridgehead atoms. The van der Waals surface area contributed by atoms with Gasteiger partial charge in [-0.1, -0.05) is 12.1 Å². The fourth-order valence-electron chi connectivity index (χ4n) is 0.984. The molecule has 1 aromatic carbocycles. The summed E-state index contributed by atoms with van der Waals surface area (Å²) in [6.07, 6.45) is 0. The van der Waals surface area contributed by atoms with Gasteiger partial charge in [0.05, 0.1) is 12.3 Å². The van der Waals surface area contributed by atoms with Crippen LogP contribution in [0.25, 0.3) is 0 Å². The Morgan fingerprint density at radius 3 is 2.88 bits per heavy atom. The molecule has 0 fully saturated rings. The molecule has 0 heterocycles. The Labute approximate surface area is 113 Å². The zero-order chi connectivity index (χ0) is 12.7. The third-order valence-electron chi connectivity index (χ3n) is 1.74. The number of hydrogen-bond acceptors (Lipinski definition) is 5. The van der Waals surface area contributed by atoms with Crippen molar-refractivity contribution in [1.82, 2.24) is 0 Å². The van der Waals surface area contributed by atoms with Crippen LogP contribution in [-0.4, -0.2) is 18.3 Å². The zero-order valence-corrected chi connectivity index (χ0v) is 11.3. The Balaban J connectivity index is 2.79. The number of carbonyl (C=O) groups is 1. The molecule has 0 saturated carbocycles. The van der Waals surface area contributed by atoms with E-state index in [2.05, 4.69) is 37.9 Å². The molecule has 17 heavy (non-hydrogen) atoms. The first-order valence-corrected chi connectivity index (χ1v) is 5.92. The summed E-state index contributed by atoms with van der Waals surface area (Å²) in [5.41, 5.74) is 3.09. The lowest BCUT2D eigenvalue weighted by Gasteiger charge is -2.03. The second-order valence-electron chi connectivity index (χ2n) is 2.88. The number of ether oxygens (including phenoxy) is 1.